The number of halogens is 4. The lowest BCUT2D eigenvalue weighted by Gasteiger charge is -2.10. The first-order valence-electron chi connectivity index (χ1n) is 8.41. The zero-order valence-electron chi connectivity index (χ0n) is 14.8. The van der Waals surface area contributed by atoms with Gasteiger partial charge in [0.05, 0.1) is 12.0 Å². The van der Waals surface area contributed by atoms with Crippen molar-refractivity contribution in [1.29, 1.82) is 0 Å². The Hall–Kier alpha value is -3.22. The SMILES string of the molecule is Cc1cc(-c2ccc(NC(=O)Cc3ccc(C(F)(F)F)c(F)c3)cc2)ccn1. The lowest BCUT2D eigenvalue weighted by Crippen LogP contribution is -2.15. The minimum atomic E-state index is -4.76. The van der Waals surface area contributed by atoms with Crippen molar-refractivity contribution in [3.05, 3.63) is 83.4 Å². The van der Waals surface area contributed by atoms with E-state index in [4.69, 9.17) is 0 Å². The van der Waals surface area contributed by atoms with Crippen LogP contribution in [0.15, 0.2) is 60.8 Å². The van der Waals surface area contributed by atoms with Crippen molar-refractivity contribution < 1.29 is 22.4 Å². The van der Waals surface area contributed by atoms with Gasteiger partial charge in [-0.1, -0.05) is 18.2 Å². The van der Waals surface area contributed by atoms with Crippen LogP contribution in [0.2, 0.25) is 0 Å². The van der Waals surface area contributed by atoms with Gasteiger partial charge in [0.1, 0.15) is 5.82 Å². The van der Waals surface area contributed by atoms with Gasteiger partial charge in [-0.25, -0.2) is 4.39 Å². The molecule has 1 N–H and O–H groups in total. The van der Waals surface area contributed by atoms with E-state index in [1.165, 1.54) is 0 Å². The second kappa shape index (κ2) is 7.80. The Kier molecular flexibility index (Phi) is 5.44. The van der Waals surface area contributed by atoms with E-state index in [2.05, 4.69) is 10.3 Å². The first kappa shape index (κ1) is 19.5. The van der Waals surface area contributed by atoms with E-state index in [0.717, 1.165) is 29.0 Å². The molecule has 144 valence electrons. The number of aryl methyl sites for hydroxylation is 1. The first-order chi connectivity index (χ1) is 13.2. The normalized spacial score (nSPS) is 11.3. The zero-order valence-corrected chi connectivity index (χ0v) is 14.8. The average Bonchev–Trinajstić information content (AvgIpc) is 2.61. The first-order valence-corrected chi connectivity index (χ1v) is 8.41. The number of pyridine rings is 1. The molecular weight excluding hydrogens is 372 g/mol. The highest BCUT2D eigenvalue weighted by Crippen LogP contribution is 2.31. The van der Waals surface area contributed by atoms with Gasteiger partial charge in [0.15, 0.2) is 0 Å². The number of aromatic nitrogens is 1. The van der Waals surface area contributed by atoms with E-state index in [1.54, 1.807) is 18.3 Å². The Morgan fingerprint density at radius 1 is 1.00 bits per heavy atom. The molecule has 0 bridgehead atoms. The maximum atomic E-state index is 13.6. The number of carbonyl (C=O) groups excluding carboxylic acids is 1. The highest BCUT2D eigenvalue weighted by atomic mass is 19.4. The van der Waals surface area contributed by atoms with Gasteiger partial charge in [-0.15, -0.1) is 0 Å². The smallest absolute Gasteiger partial charge is 0.326 e. The maximum Gasteiger partial charge on any atom is 0.419 e. The molecule has 0 saturated carbocycles. The standard InChI is InChI=1S/C21H16F4N2O/c1-13-10-16(8-9-26-13)15-3-5-17(6-4-15)27-20(28)12-14-2-7-18(19(22)11-14)21(23,24)25/h2-11H,12H2,1H3,(H,27,28). The van der Waals surface area contributed by atoms with E-state index in [1.807, 2.05) is 31.2 Å². The molecule has 0 atom stereocenters. The number of rotatable bonds is 4. The van der Waals surface area contributed by atoms with Gasteiger partial charge in [-0.05, 0) is 60.0 Å². The maximum absolute atomic E-state index is 13.6. The third-order valence-electron chi connectivity index (χ3n) is 4.10. The second-order valence-electron chi connectivity index (χ2n) is 6.30. The van der Waals surface area contributed by atoms with Crippen LogP contribution in [0.1, 0.15) is 16.8 Å². The van der Waals surface area contributed by atoms with Crippen molar-refractivity contribution >= 4 is 11.6 Å². The monoisotopic (exact) mass is 388 g/mol. The number of nitrogens with zero attached hydrogens (tertiary/aromatic N) is 1. The summed E-state index contributed by atoms with van der Waals surface area (Å²) in [5.41, 5.74) is 2.18. The summed E-state index contributed by atoms with van der Waals surface area (Å²) in [5.74, 6) is -1.85. The number of carbonyl (C=O) groups is 1. The summed E-state index contributed by atoms with van der Waals surface area (Å²) in [7, 11) is 0. The number of amides is 1. The van der Waals surface area contributed by atoms with Crippen LogP contribution in [0, 0.1) is 12.7 Å². The molecule has 3 rings (SSSR count). The van der Waals surface area contributed by atoms with Crippen molar-refractivity contribution in [3.63, 3.8) is 0 Å². The van der Waals surface area contributed by atoms with Gasteiger partial charge < -0.3 is 5.32 Å². The lowest BCUT2D eigenvalue weighted by atomic mass is 10.1. The summed E-state index contributed by atoms with van der Waals surface area (Å²) < 4.78 is 51.4. The van der Waals surface area contributed by atoms with Crippen LogP contribution in [-0.4, -0.2) is 10.9 Å². The minimum absolute atomic E-state index is 0.159. The van der Waals surface area contributed by atoms with Crippen molar-refractivity contribution in [1.82, 2.24) is 4.98 Å². The fraction of sp³-hybridized carbons (Fsp3) is 0.143. The molecule has 3 aromatic rings. The van der Waals surface area contributed by atoms with Crippen LogP contribution >= 0.6 is 0 Å². The number of hydrogen-bond acceptors (Lipinski definition) is 2. The van der Waals surface area contributed by atoms with Crippen molar-refractivity contribution in [3.8, 4) is 11.1 Å². The zero-order chi connectivity index (χ0) is 20.3. The summed E-state index contributed by atoms with van der Waals surface area (Å²) in [6, 6.07) is 13.4. The minimum Gasteiger partial charge on any atom is -0.326 e. The van der Waals surface area contributed by atoms with Gasteiger partial charge in [-0.3, -0.25) is 9.78 Å². The Morgan fingerprint density at radius 2 is 1.71 bits per heavy atom. The highest BCUT2D eigenvalue weighted by molar-refractivity contribution is 5.92. The Balaban J connectivity index is 1.66. The molecular formula is C21H16F4N2O. The Morgan fingerprint density at radius 3 is 2.32 bits per heavy atom. The predicted molar refractivity (Wildman–Crippen MR) is 98.1 cm³/mol. The number of nitrogens with one attached hydrogen (secondary N) is 1. The van der Waals surface area contributed by atoms with Crippen LogP contribution < -0.4 is 5.32 Å². The second-order valence-corrected chi connectivity index (χ2v) is 6.30. The molecule has 7 heteroatoms. The van der Waals surface area contributed by atoms with E-state index in [0.29, 0.717) is 11.8 Å². The van der Waals surface area contributed by atoms with E-state index < -0.39 is 23.5 Å². The average molecular weight is 388 g/mol. The third-order valence-corrected chi connectivity index (χ3v) is 4.10. The number of alkyl halides is 3. The van der Waals surface area contributed by atoms with Crippen LogP contribution in [-0.2, 0) is 17.4 Å². The molecule has 0 fully saturated rings. The molecule has 0 aliphatic heterocycles. The molecule has 28 heavy (non-hydrogen) atoms. The van der Waals surface area contributed by atoms with Gasteiger partial charge in [0.2, 0.25) is 5.91 Å². The Labute approximate surface area is 159 Å². The summed E-state index contributed by atoms with van der Waals surface area (Å²) in [5, 5.41) is 2.65. The number of hydrogen-bond donors (Lipinski definition) is 1. The van der Waals surface area contributed by atoms with E-state index >= 15 is 0 Å². The fourth-order valence-electron chi connectivity index (χ4n) is 2.76. The van der Waals surface area contributed by atoms with Crippen LogP contribution in [0.3, 0.4) is 0 Å². The molecule has 2 aromatic carbocycles. The van der Waals surface area contributed by atoms with E-state index in [-0.39, 0.29) is 12.0 Å². The molecule has 0 spiro atoms. The van der Waals surface area contributed by atoms with Gasteiger partial charge in [0, 0.05) is 17.6 Å². The molecule has 3 nitrogen and oxygen atoms in total. The molecule has 0 unspecified atom stereocenters. The van der Waals surface area contributed by atoms with Crippen LogP contribution in [0.5, 0.6) is 0 Å². The molecule has 1 heterocycles. The summed E-state index contributed by atoms with van der Waals surface area (Å²) in [4.78, 5) is 16.3. The Bertz CT molecular complexity index is 998. The summed E-state index contributed by atoms with van der Waals surface area (Å²) >= 11 is 0. The highest BCUT2D eigenvalue weighted by Gasteiger charge is 2.33. The van der Waals surface area contributed by atoms with Crippen molar-refractivity contribution in [2.45, 2.75) is 19.5 Å². The summed E-state index contributed by atoms with van der Waals surface area (Å²) in [6.07, 6.45) is -3.29. The molecule has 1 aromatic heterocycles. The summed E-state index contributed by atoms with van der Waals surface area (Å²) in [6.45, 7) is 1.89. The largest absolute Gasteiger partial charge is 0.419 e. The van der Waals surface area contributed by atoms with Crippen LogP contribution in [0.4, 0.5) is 23.2 Å². The number of anilines is 1. The van der Waals surface area contributed by atoms with Gasteiger partial charge in [0.25, 0.3) is 0 Å². The lowest BCUT2D eigenvalue weighted by molar-refractivity contribution is -0.140. The van der Waals surface area contributed by atoms with E-state index in [9.17, 15) is 22.4 Å². The molecule has 0 radical (unpaired) electrons. The van der Waals surface area contributed by atoms with Gasteiger partial charge in [-0.2, -0.15) is 13.2 Å². The van der Waals surface area contributed by atoms with Crippen molar-refractivity contribution in [2.24, 2.45) is 0 Å². The molecule has 0 saturated heterocycles. The van der Waals surface area contributed by atoms with Crippen molar-refractivity contribution in [2.75, 3.05) is 5.32 Å². The predicted octanol–water partition coefficient (Wildman–Crippen LogP) is 5.40. The number of benzene rings is 2. The fourth-order valence-corrected chi connectivity index (χ4v) is 2.76. The van der Waals surface area contributed by atoms with Gasteiger partial charge >= 0.3 is 6.18 Å². The third kappa shape index (κ3) is 4.73. The topological polar surface area (TPSA) is 42.0 Å². The molecule has 0 aliphatic carbocycles. The molecule has 1 amide bonds. The molecule has 0 aliphatic rings. The van der Waals surface area contributed by atoms with Crippen LogP contribution in [0.25, 0.3) is 11.1 Å². The quantitative estimate of drug-likeness (QED) is 0.609.